The zero-order chi connectivity index (χ0) is 29.2. The topological polar surface area (TPSA) is 116 Å². The van der Waals surface area contributed by atoms with Crippen molar-refractivity contribution in [1.82, 2.24) is 19.0 Å². The largest absolute Gasteiger partial charge is 0.271 e. The fraction of sp³-hybridized carbons (Fsp3) is 0.267. The summed E-state index contributed by atoms with van der Waals surface area (Å²) in [4.78, 5) is 27.5. The average Bonchev–Trinajstić information content (AvgIpc) is 3.36. The smallest absolute Gasteiger partial charge is 0.271 e. The zero-order valence-corrected chi connectivity index (χ0v) is 23.9. The van der Waals surface area contributed by atoms with Crippen molar-refractivity contribution in [3.63, 3.8) is 0 Å². The number of para-hydroxylation sites is 1. The number of nitriles is 1. The molecule has 0 radical (unpaired) electrons. The van der Waals surface area contributed by atoms with Crippen LogP contribution in [0.4, 0.5) is 0 Å². The Morgan fingerprint density at radius 2 is 1.70 bits per heavy atom. The summed E-state index contributed by atoms with van der Waals surface area (Å²) in [5.74, 6) is -1.13. The Morgan fingerprint density at radius 1 is 1.02 bits per heavy atom. The molecule has 0 saturated carbocycles. The summed E-state index contributed by atoms with van der Waals surface area (Å²) in [6.45, 7) is 9.25. The van der Waals surface area contributed by atoms with Crippen LogP contribution >= 0.6 is 0 Å². The number of nitrogens with zero attached hydrogens (tertiary/aromatic N) is 5. The quantitative estimate of drug-likeness (QED) is 0.296. The second-order valence-corrected chi connectivity index (χ2v) is 11.5. The molecule has 1 aliphatic heterocycles. The second-order valence-electron chi connectivity index (χ2n) is 9.57. The van der Waals surface area contributed by atoms with E-state index in [4.69, 9.17) is 5.10 Å². The summed E-state index contributed by atoms with van der Waals surface area (Å²) >= 11 is 0. The Morgan fingerprint density at radius 3 is 2.30 bits per heavy atom. The summed E-state index contributed by atoms with van der Waals surface area (Å²) in [5, 5.41) is 14.5. The highest BCUT2D eigenvalue weighted by Crippen LogP contribution is 2.32. The van der Waals surface area contributed by atoms with Gasteiger partial charge in [0.1, 0.15) is 17.3 Å². The summed E-state index contributed by atoms with van der Waals surface area (Å²) in [6, 6.07) is 17.4. The Labute approximate surface area is 234 Å². The van der Waals surface area contributed by atoms with E-state index in [2.05, 4.69) is 0 Å². The Balaban J connectivity index is 1.96. The van der Waals surface area contributed by atoms with Gasteiger partial charge in [0.05, 0.1) is 10.6 Å². The van der Waals surface area contributed by atoms with Crippen molar-refractivity contribution >= 4 is 27.9 Å². The fourth-order valence-electron chi connectivity index (χ4n) is 4.67. The molecule has 2 aromatic carbocycles. The third-order valence-electron chi connectivity index (χ3n) is 6.80. The number of carbonyl (C=O) groups is 2. The first-order valence-electron chi connectivity index (χ1n) is 13.0. The van der Waals surface area contributed by atoms with Crippen molar-refractivity contribution in [2.45, 2.75) is 45.6 Å². The molecule has 0 atom stereocenters. The van der Waals surface area contributed by atoms with E-state index < -0.39 is 27.9 Å². The maximum absolute atomic E-state index is 13.5. The van der Waals surface area contributed by atoms with E-state index in [1.165, 1.54) is 4.31 Å². The monoisotopic (exact) mass is 557 g/mol. The lowest BCUT2D eigenvalue weighted by Gasteiger charge is -2.30. The molecule has 40 heavy (non-hydrogen) atoms. The van der Waals surface area contributed by atoms with Gasteiger partial charge < -0.3 is 0 Å². The van der Waals surface area contributed by atoms with E-state index in [1.807, 2.05) is 36.4 Å². The number of aromatic nitrogens is 2. The molecule has 0 saturated heterocycles. The average molecular weight is 558 g/mol. The van der Waals surface area contributed by atoms with Gasteiger partial charge in [-0.25, -0.2) is 13.1 Å². The van der Waals surface area contributed by atoms with Crippen molar-refractivity contribution < 1.29 is 18.0 Å². The molecule has 4 rings (SSSR count). The third-order valence-corrected chi connectivity index (χ3v) is 8.85. The van der Waals surface area contributed by atoms with Crippen LogP contribution in [-0.4, -0.2) is 58.3 Å². The number of sulfonamides is 1. The van der Waals surface area contributed by atoms with Crippen LogP contribution in [0.3, 0.4) is 0 Å². The van der Waals surface area contributed by atoms with Gasteiger partial charge in [-0.3, -0.25) is 14.5 Å². The van der Waals surface area contributed by atoms with Crippen LogP contribution in [0, 0.1) is 11.3 Å². The van der Waals surface area contributed by atoms with Crippen molar-refractivity contribution in [2.24, 2.45) is 0 Å². The summed E-state index contributed by atoms with van der Waals surface area (Å²) in [6.07, 6.45) is 3.36. The number of benzene rings is 2. The number of amides is 2. The standard InChI is InChI=1S/C30H31N5O4S/c1-6-33(7-2)40(38,39)25-15-11-12-22(16-25)28-23(19-34(32-28)24-13-9-8-10-14-24)17-26-21(5)27(18-31)30(37)35(20(3)4)29(26)36/h8-17,19-20H,6-7H2,1-5H3/b26-17+. The van der Waals surface area contributed by atoms with Crippen molar-refractivity contribution in [3.05, 3.63) is 83.1 Å². The van der Waals surface area contributed by atoms with E-state index in [0.29, 0.717) is 29.9 Å². The maximum Gasteiger partial charge on any atom is 0.271 e. The highest BCUT2D eigenvalue weighted by atomic mass is 32.2. The van der Waals surface area contributed by atoms with Gasteiger partial charge in [0, 0.05) is 42.0 Å². The van der Waals surface area contributed by atoms with E-state index in [-0.39, 0.29) is 21.6 Å². The molecule has 2 heterocycles. The Kier molecular flexibility index (Phi) is 8.18. The molecule has 10 heteroatoms. The Hall–Kier alpha value is -4.33. The predicted molar refractivity (Wildman–Crippen MR) is 152 cm³/mol. The van der Waals surface area contributed by atoms with Crippen LogP contribution in [0.15, 0.2) is 82.4 Å². The lowest BCUT2D eigenvalue weighted by atomic mass is 9.92. The van der Waals surface area contributed by atoms with Crippen LogP contribution in [-0.2, 0) is 19.6 Å². The summed E-state index contributed by atoms with van der Waals surface area (Å²) in [7, 11) is -3.73. The van der Waals surface area contributed by atoms with Gasteiger partial charge in [0.15, 0.2) is 0 Å². The van der Waals surface area contributed by atoms with Gasteiger partial charge in [-0.1, -0.05) is 44.2 Å². The summed E-state index contributed by atoms with van der Waals surface area (Å²) in [5.41, 5.74) is 2.66. The molecule has 1 aliphatic rings. The van der Waals surface area contributed by atoms with E-state index in [9.17, 15) is 23.3 Å². The number of hydrogen-bond donors (Lipinski definition) is 0. The molecule has 0 fully saturated rings. The van der Waals surface area contributed by atoms with Crippen LogP contribution in [0.1, 0.15) is 40.2 Å². The predicted octanol–water partition coefficient (Wildman–Crippen LogP) is 4.57. The molecule has 0 aliphatic carbocycles. The molecular weight excluding hydrogens is 526 g/mol. The van der Waals surface area contributed by atoms with Crippen molar-refractivity contribution in [3.8, 4) is 23.0 Å². The second kappa shape index (κ2) is 11.4. The molecular formula is C30H31N5O4S. The van der Waals surface area contributed by atoms with Gasteiger partial charge in [-0.2, -0.15) is 14.7 Å². The van der Waals surface area contributed by atoms with Crippen LogP contribution in [0.5, 0.6) is 0 Å². The van der Waals surface area contributed by atoms with Gasteiger partial charge in [0.2, 0.25) is 10.0 Å². The zero-order valence-electron chi connectivity index (χ0n) is 23.1. The number of rotatable bonds is 8. The highest BCUT2D eigenvalue weighted by Gasteiger charge is 2.37. The minimum atomic E-state index is -3.73. The molecule has 1 aromatic heterocycles. The molecule has 0 N–H and O–H groups in total. The minimum Gasteiger partial charge on any atom is -0.271 e. The van der Waals surface area contributed by atoms with Gasteiger partial charge >= 0.3 is 0 Å². The first-order valence-corrected chi connectivity index (χ1v) is 14.5. The number of imide groups is 1. The van der Waals surface area contributed by atoms with E-state index in [0.717, 1.165) is 10.6 Å². The van der Waals surface area contributed by atoms with Gasteiger partial charge in [-0.15, -0.1) is 0 Å². The molecule has 0 unspecified atom stereocenters. The molecule has 9 nitrogen and oxygen atoms in total. The van der Waals surface area contributed by atoms with Crippen molar-refractivity contribution in [1.29, 1.82) is 5.26 Å². The molecule has 0 spiro atoms. The number of carbonyl (C=O) groups excluding carboxylic acids is 2. The van der Waals surface area contributed by atoms with Crippen LogP contribution in [0.25, 0.3) is 23.0 Å². The highest BCUT2D eigenvalue weighted by molar-refractivity contribution is 7.89. The fourth-order valence-corrected chi connectivity index (χ4v) is 6.18. The maximum atomic E-state index is 13.5. The lowest BCUT2D eigenvalue weighted by molar-refractivity contribution is -0.142. The van der Waals surface area contributed by atoms with Gasteiger partial charge in [-0.05, 0) is 56.7 Å². The first kappa shape index (κ1) is 28.7. The molecule has 0 bridgehead atoms. The van der Waals surface area contributed by atoms with E-state index in [1.54, 1.807) is 75.8 Å². The molecule has 206 valence electrons. The lowest BCUT2D eigenvalue weighted by Crippen LogP contribution is -2.46. The van der Waals surface area contributed by atoms with Crippen LogP contribution < -0.4 is 0 Å². The van der Waals surface area contributed by atoms with Crippen LogP contribution in [0.2, 0.25) is 0 Å². The molecule has 3 aromatic rings. The van der Waals surface area contributed by atoms with Gasteiger partial charge in [0.25, 0.3) is 11.8 Å². The Bertz CT molecular complexity index is 1670. The van der Waals surface area contributed by atoms with Crippen molar-refractivity contribution in [2.75, 3.05) is 13.1 Å². The first-order chi connectivity index (χ1) is 19.0. The minimum absolute atomic E-state index is 0.0936. The SMILES string of the molecule is CCN(CC)S(=O)(=O)c1cccc(-c2nn(-c3ccccc3)cc2/C=C2/C(=O)N(C(C)C)C(=O)C(C#N)=C2C)c1. The van der Waals surface area contributed by atoms with E-state index >= 15 is 0 Å². The normalized spacial score (nSPS) is 15.4. The molecule has 2 amide bonds. The third kappa shape index (κ3) is 5.13. The number of hydrogen-bond acceptors (Lipinski definition) is 6. The summed E-state index contributed by atoms with van der Waals surface area (Å²) < 4.78 is 29.6.